The first kappa shape index (κ1) is 22.4. The van der Waals surface area contributed by atoms with Gasteiger partial charge in [-0.05, 0) is 59.6 Å². The number of hydrogen-bond donors (Lipinski definition) is 1. The molecule has 0 saturated heterocycles. The lowest BCUT2D eigenvalue weighted by molar-refractivity contribution is -0.145. The van der Waals surface area contributed by atoms with Crippen LogP contribution < -0.4 is 0 Å². The van der Waals surface area contributed by atoms with E-state index in [0.717, 1.165) is 5.56 Å². The summed E-state index contributed by atoms with van der Waals surface area (Å²) in [6.07, 6.45) is -0.964. The number of ketones is 1. The molecule has 0 bridgehead atoms. The highest BCUT2D eigenvalue weighted by Gasteiger charge is 2.32. The van der Waals surface area contributed by atoms with Gasteiger partial charge in [-0.2, -0.15) is 0 Å². The molecule has 6 heteroatoms. The second-order valence-corrected chi connectivity index (χ2v) is 8.31. The first-order chi connectivity index (χ1) is 13.4. The monoisotopic (exact) mass is 398 g/mol. The third-order valence-electron chi connectivity index (χ3n) is 4.88. The quantitative estimate of drug-likeness (QED) is 0.584. The van der Waals surface area contributed by atoms with Crippen molar-refractivity contribution >= 4 is 17.7 Å². The van der Waals surface area contributed by atoms with Gasteiger partial charge in [0, 0.05) is 23.3 Å². The molecule has 1 aromatic heterocycles. The van der Waals surface area contributed by atoms with Crippen molar-refractivity contribution < 1.29 is 19.1 Å². The van der Waals surface area contributed by atoms with Gasteiger partial charge in [0.15, 0.2) is 11.9 Å². The Labute approximate surface area is 172 Å². The minimum absolute atomic E-state index is 0.124. The zero-order chi connectivity index (χ0) is 21.9. The fourth-order valence-corrected chi connectivity index (χ4v) is 3.38. The van der Waals surface area contributed by atoms with Crippen molar-refractivity contribution in [1.82, 2.24) is 9.88 Å². The molecule has 0 unspecified atom stereocenters. The molecule has 0 aliphatic carbocycles. The number of H-pyrrole nitrogens is 1. The average Bonchev–Trinajstić information content (AvgIpc) is 2.93. The van der Waals surface area contributed by atoms with Gasteiger partial charge in [0.05, 0.1) is 0 Å². The van der Waals surface area contributed by atoms with Crippen molar-refractivity contribution in [1.29, 1.82) is 0 Å². The van der Waals surface area contributed by atoms with Crippen molar-refractivity contribution in [3.8, 4) is 0 Å². The summed E-state index contributed by atoms with van der Waals surface area (Å²) in [5, 5.41) is 0. The number of hydrogen-bond acceptors (Lipinski definition) is 4. The van der Waals surface area contributed by atoms with Gasteiger partial charge in [-0.15, -0.1) is 0 Å². The molecule has 6 nitrogen and oxygen atoms in total. The highest BCUT2D eigenvalue weighted by atomic mass is 16.5. The molecule has 1 aromatic carbocycles. The second kappa shape index (κ2) is 8.64. The SMILES string of the molecule is CC(=O)c1c(C)[nH]c(C(=O)O[C@H](C)C(=O)N(Cc2ccccc2)C(C)(C)C)c1C. The summed E-state index contributed by atoms with van der Waals surface area (Å²) >= 11 is 0. The Morgan fingerprint density at radius 1 is 1.10 bits per heavy atom. The molecule has 29 heavy (non-hydrogen) atoms. The molecule has 2 aromatic rings. The van der Waals surface area contributed by atoms with Crippen LogP contribution >= 0.6 is 0 Å². The number of nitrogens with zero attached hydrogens (tertiary/aromatic N) is 1. The van der Waals surface area contributed by atoms with Crippen LogP contribution in [0.2, 0.25) is 0 Å². The normalized spacial score (nSPS) is 12.4. The van der Waals surface area contributed by atoms with Crippen molar-refractivity contribution in [2.45, 2.75) is 66.7 Å². The largest absolute Gasteiger partial charge is 0.448 e. The molecule has 1 amide bonds. The smallest absolute Gasteiger partial charge is 0.355 e. The van der Waals surface area contributed by atoms with Crippen LogP contribution in [-0.4, -0.2) is 39.2 Å². The number of rotatable bonds is 6. The predicted octanol–water partition coefficient (Wildman–Crippen LogP) is 4.21. The molecule has 0 saturated carbocycles. The van der Waals surface area contributed by atoms with Crippen LogP contribution in [-0.2, 0) is 16.1 Å². The van der Waals surface area contributed by atoms with Gasteiger partial charge in [0.1, 0.15) is 5.69 Å². The van der Waals surface area contributed by atoms with E-state index in [1.54, 1.807) is 25.7 Å². The summed E-state index contributed by atoms with van der Waals surface area (Å²) in [5.74, 6) is -1.05. The van der Waals surface area contributed by atoms with Gasteiger partial charge in [0.25, 0.3) is 5.91 Å². The van der Waals surface area contributed by atoms with E-state index in [1.165, 1.54) is 6.92 Å². The van der Waals surface area contributed by atoms with Crippen LogP contribution in [0.4, 0.5) is 0 Å². The predicted molar refractivity (Wildman–Crippen MR) is 112 cm³/mol. The third-order valence-corrected chi connectivity index (χ3v) is 4.88. The van der Waals surface area contributed by atoms with Gasteiger partial charge in [-0.3, -0.25) is 9.59 Å². The van der Waals surface area contributed by atoms with E-state index in [9.17, 15) is 14.4 Å². The summed E-state index contributed by atoms with van der Waals surface area (Å²) in [4.78, 5) is 42.2. The molecule has 0 aliphatic rings. The van der Waals surface area contributed by atoms with Crippen LogP contribution in [0.1, 0.15) is 72.3 Å². The first-order valence-corrected chi connectivity index (χ1v) is 9.70. The van der Waals surface area contributed by atoms with Crippen LogP contribution in [0.5, 0.6) is 0 Å². The maximum Gasteiger partial charge on any atom is 0.355 e. The maximum atomic E-state index is 13.1. The summed E-state index contributed by atoms with van der Waals surface area (Å²) in [6.45, 7) is 12.7. The lowest BCUT2D eigenvalue weighted by Crippen LogP contribution is -2.49. The minimum Gasteiger partial charge on any atom is -0.448 e. The number of Topliss-reactive ketones (excluding diaryl/α,β-unsaturated/α-hetero) is 1. The van der Waals surface area contributed by atoms with Crippen LogP contribution in [0.25, 0.3) is 0 Å². The molecule has 1 N–H and O–H groups in total. The van der Waals surface area contributed by atoms with E-state index in [0.29, 0.717) is 23.4 Å². The lowest BCUT2D eigenvalue weighted by Gasteiger charge is -2.37. The number of aromatic amines is 1. The van der Waals surface area contributed by atoms with Crippen LogP contribution in [0, 0.1) is 13.8 Å². The third kappa shape index (κ3) is 5.13. The molecular formula is C23H30N2O4. The van der Waals surface area contributed by atoms with Crippen LogP contribution in [0.15, 0.2) is 30.3 Å². The summed E-state index contributed by atoms with van der Waals surface area (Å²) in [5.41, 5.74) is 2.39. The zero-order valence-corrected chi connectivity index (χ0v) is 18.3. The Hall–Kier alpha value is -2.89. The minimum atomic E-state index is -0.964. The van der Waals surface area contributed by atoms with E-state index in [4.69, 9.17) is 4.74 Å². The fraction of sp³-hybridized carbons (Fsp3) is 0.435. The highest BCUT2D eigenvalue weighted by Crippen LogP contribution is 2.22. The lowest BCUT2D eigenvalue weighted by atomic mass is 10.0. The van der Waals surface area contributed by atoms with Gasteiger partial charge >= 0.3 is 5.97 Å². The first-order valence-electron chi connectivity index (χ1n) is 9.70. The molecule has 2 rings (SSSR count). The van der Waals surface area contributed by atoms with Crippen molar-refractivity contribution in [2.75, 3.05) is 0 Å². The number of ether oxygens (including phenoxy) is 1. The Bertz CT molecular complexity index is 907. The second-order valence-electron chi connectivity index (χ2n) is 8.31. The van der Waals surface area contributed by atoms with E-state index in [1.807, 2.05) is 51.1 Å². The van der Waals surface area contributed by atoms with Crippen molar-refractivity contribution in [2.24, 2.45) is 0 Å². The highest BCUT2D eigenvalue weighted by molar-refractivity contribution is 6.01. The number of nitrogens with one attached hydrogen (secondary N) is 1. The maximum absolute atomic E-state index is 13.1. The van der Waals surface area contributed by atoms with Gasteiger partial charge in [-0.1, -0.05) is 30.3 Å². The molecular weight excluding hydrogens is 368 g/mol. The Kier molecular flexibility index (Phi) is 6.67. The molecule has 1 atom stereocenters. The molecule has 1 heterocycles. The number of amides is 1. The Balaban J connectivity index is 2.20. The van der Waals surface area contributed by atoms with Crippen molar-refractivity contribution in [3.05, 3.63) is 58.4 Å². The Morgan fingerprint density at radius 3 is 2.17 bits per heavy atom. The van der Waals surface area contributed by atoms with E-state index < -0.39 is 17.6 Å². The van der Waals surface area contributed by atoms with Gasteiger partial charge in [-0.25, -0.2) is 4.79 Å². The number of aromatic nitrogens is 1. The van der Waals surface area contributed by atoms with Gasteiger partial charge < -0.3 is 14.6 Å². The van der Waals surface area contributed by atoms with Gasteiger partial charge in [0.2, 0.25) is 0 Å². The summed E-state index contributed by atoms with van der Waals surface area (Å²) < 4.78 is 5.47. The number of carbonyl (C=O) groups is 3. The van der Waals surface area contributed by atoms with E-state index >= 15 is 0 Å². The number of esters is 1. The topological polar surface area (TPSA) is 79.5 Å². The summed E-state index contributed by atoms with van der Waals surface area (Å²) in [7, 11) is 0. The summed E-state index contributed by atoms with van der Waals surface area (Å²) in [6, 6.07) is 9.68. The van der Waals surface area contributed by atoms with E-state index in [2.05, 4.69) is 4.98 Å². The molecule has 0 fully saturated rings. The molecule has 0 radical (unpaired) electrons. The number of benzene rings is 1. The van der Waals surface area contributed by atoms with Crippen LogP contribution in [0.3, 0.4) is 0 Å². The molecule has 0 aliphatic heterocycles. The number of aryl methyl sites for hydroxylation is 1. The molecule has 0 spiro atoms. The molecule has 156 valence electrons. The Morgan fingerprint density at radius 2 is 1.69 bits per heavy atom. The zero-order valence-electron chi connectivity index (χ0n) is 18.3. The standard InChI is InChI=1S/C23H30N2O4/c1-14-19(16(3)26)15(2)24-20(14)22(28)29-17(4)21(27)25(23(5,6)7)13-18-11-9-8-10-12-18/h8-12,17,24H,13H2,1-7H3/t17-/m1/s1. The van der Waals surface area contributed by atoms with E-state index in [-0.39, 0.29) is 17.4 Å². The fourth-order valence-electron chi connectivity index (χ4n) is 3.38. The average molecular weight is 399 g/mol. The van der Waals surface area contributed by atoms with Crippen molar-refractivity contribution in [3.63, 3.8) is 0 Å². The number of carbonyl (C=O) groups excluding carboxylic acids is 3.